The van der Waals surface area contributed by atoms with Gasteiger partial charge in [0.15, 0.2) is 0 Å². The zero-order valence-corrected chi connectivity index (χ0v) is 7.19. The van der Waals surface area contributed by atoms with Crippen molar-refractivity contribution in [3.63, 3.8) is 0 Å². The fourth-order valence-electron chi connectivity index (χ4n) is 0.875. The van der Waals surface area contributed by atoms with Gasteiger partial charge >= 0.3 is 0 Å². The summed E-state index contributed by atoms with van der Waals surface area (Å²) in [7, 11) is 0. The summed E-state index contributed by atoms with van der Waals surface area (Å²) in [4.78, 5) is 8.22. The molecule has 0 atom stereocenters. The van der Waals surface area contributed by atoms with E-state index >= 15 is 0 Å². The summed E-state index contributed by atoms with van der Waals surface area (Å²) < 4.78 is 1.15. The van der Waals surface area contributed by atoms with Crippen LogP contribution in [0.3, 0.4) is 0 Å². The second-order valence-electron chi connectivity index (χ2n) is 2.13. The second kappa shape index (κ2) is 2.75. The molecule has 0 aliphatic carbocycles. The van der Waals surface area contributed by atoms with Gasteiger partial charge in [0.25, 0.3) is 0 Å². The maximum atomic E-state index is 5.62. The van der Waals surface area contributed by atoms with Crippen molar-refractivity contribution in [1.29, 1.82) is 0 Å². The van der Waals surface area contributed by atoms with Gasteiger partial charge in [0.1, 0.15) is 0 Å². The molecule has 0 N–H and O–H groups in total. The molecule has 0 radical (unpaired) electrons. The molecule has 56 valence electrons. The first kappa shape index (κ1) is 7.00. The number of hydrogen-bond acceptors (Lipinski definition) is 3. The van der Waals surface area contributed by atoms with Crippen LogP contribution in [0.4, 0.5) is 0 Å². The Labute approximate surface area is 72.9 Å². The molecule has 0 aromatic carbocycles. The smallest absolute Gasteiger partial charge is 0.0995 e. The van der Waals surface area contributed by atoms with Gasteiger partial charge in [-0.15, -0.1) is 22.9 Å². The minimum Gasteiger partial charge on any atom is -0.258 e. The zero-order chi connectivity index (χ0) is 7.68. The molecule has 2 heterocycles. The third-order valence-electron chi connectivity index (χ3n) is 1.41. The van der Waals surface area contributed by atoms with Crippen LogP contribution in [0.15, 0.2) is 17.8 Å². The quantitative estimate of drug-likeness (QED) is 0.637. The van der Waals surface area contributed by atoms with Gasteiger partial charge in [0.2, 0.25) is 0 Å². The van der Waals surface area contributed by atoms with Gasteiger partial charge in [-0.2, -0.15) is 0 Å². The van der Waals surface area contributed by atoms with Gasteiger partial charge in [0, 0.05) is 0 Å². The zero-order valence-electron chi connectivity index (χ0n) is 5.62. The molecule has 0 bridgehead atoms. The van der Waals surface area contributed by atoms with Crippen molar-refractivity contribution >= 4 is 33.2 Å². The second-order valence-corrected chi connectivity index (χ2v) is 3.28. The van der Waals surface area contributed by atoms with Crippen molar-refractivity contribution < 1.29 is 0 Å². The molecule has 11 heavy (non-hydrogen) atoms. The Morgan fingerprint density at radius 2 is 2.36 bits per heavy atom. The van der Waals surface area contributed by atoms with Crippen LogP contribution in [0.5, 0.6) is 0 Å². The average molecular weight is 185 g/mol. The summed E-state index contributed by atoms with van der Waals surface area (Å²) in [5, 5.41) is 0. The number of pyridine rings is 1. The Kier molecular flexibility index (Phi) is 1.75. The van der Waals surface area contributed by atoms with Crippen molar-refractivity contribution in [2.45, 2.75) is 5.88 Å². The lowest BCUT2D eigenvalue weighted by atomic mass is 10.4. The summed E-state index contributed by atoms with van der Waals surface area (Å²) in [6.07, 6.45) is 1.75. The lowest BCUT2D eigenvalue weighted by molar-refractivity contribution is 1.19. The van der Waals surface area contributed by atoms with Crippen molar-refractivity contribution in [3.05, 3.63) is 23.5 Å². The summed E-state index contributed by atoms with van der Waals surface area (Å²) in [6.45, 7) is 0. The molecule has 4 heteroatoms. The van der Waals surface area contributed by atoms with Crippen molar-refractivity contribution in [1.82, 2.24) is 9.97 Å². The highest BCUT2D eigenvalue weighted by molar-refractivity contribution is 7.16. The van der Waals surface area contributed by atoms with E-state index in [-0.39, 0.29) is 0 Å². The van der Waals surface area contributed by atoms with E-state index in [0.717, 1.165) is 15.9 Å². The Hall–Kier alpha value is -0.670. The van der Waals surface area contributed by atoms with Crippen molar-refractivity contribution in [2.24, 2.45) is 0 Å². The van der Waals surface area contributed by atoms with Crippen LogP contribution in [0.1, 0.15) is 5.69 Å². The predicted molar refractivity (Wildman–Crippen MR) is 47.0 cm³/mol. The van der Waals surface area contributed by atoms with E-state index in [1.165, 1.54) is 0 Å². The fourth-order valence-corrected chi connectivity index (χ4v) is 1.73. The molecule has 2 aromatic heterocycles. The van der Waals surface area contributed by atoms with E-state index in [1.807, 2.05) is 11.6 Å². The average Bonchev–Trinajstić information content (AvgIpc) is 2.50. The van der Waals surface area contributed by atoms with E-state index in [2.05, 4.69) is 9.97 Å². The number of halogens is 1. The van der Waals surface area contributed by atoms with Crippen LogP contribution in [0.2, 0.25) is 0 Å². The highest BCUT2D eigenvalue weighted by atomic mass is 35.5. The first-order chi connectivity index (χ1) is 5.40. The standard InChI is InChI=1S/C7H5ClN2S/c8-2-5-1-7-6(3-9-5)10-4-11-7/h1,3-4H,2H2. The van der Waals surface area contributed by atoms with Gasteiger partial charge in [0.05, 0.1) is 33.5 Å². The van der Waals surface area contributed by atoms with E-state index in [0.29, 0.717) is 5.88 Å². The molecule has 0 unspecified atom stereocenters. The summed E-state index contributed by atoms with van der Waals surface area (Å²) in [5.74, 6) is 0.466. The van der Waals surface area contributed by atoms with Crippen molar-refractivity contribution in [3.8, 4) is 0 Å². The Morgan fingerprint density at radius 1 is 1.45 bits per heavy atom. The number of thiazole rings is 1. The van der Waals surface area contributed by atoms with Crippen LogP contribution >= 0.6 is 22.9 Å². The summed E-state index contributed by atoms with van der Waals surface area (Å²) in [5.41, 5.74) is 3.66. The Balaban J connectivity index is 2.67. The molecular weight excluding hydrogens is 180 g/mol. The van der Waals surface area contributed by atoms with E-state index < -0.39 is 0 Å². The SMILES string of the molecule is ClCc1cc2scnc2cn1. The molecule has 0 aliphatic heterocycles. The first-order valence-electron chi connectivity index (χ1n) is 3.14. The highest BCUT2D eigenvalue weighted by Gasteiger charge is 1.97. The molecule has 2 rings (SSSR count). The molecule has 2 nitrogen and oxygen atoms in total. The van der Waals surface area contributed by atoms with Crippen LogP contribution < -0.4 is 0 Å². The molecule has 0 fully saturated rings. The van der Waals surface area contributed by atoms with Gasteiger partial charge in [-0.1, -0.05) is 0 Å². The number of rotatable bonds is 1. The third-order valence-corrected chi connectivity index (χ3v) is 2.48. The van der Waals surface area contributed by atoms with Crippen LogP contribution in [-0.4, -0.2) is 9.97 Å². The van der Waals surface area contributed by atoms with Gasteiger partial charge in [-0.3, -0.25) is 4.98 Å². The fraction of sp³-hybridized carbons (Fsp3) is 0.143. The normalized spacial score (nSPS) is 10.6. The summed E-state index contributed by atoms with van der Waals surface area (Å²) >= 11 is 7.22. The largest absolute Gasteiger partial charge is 0.258 e. The van der Waals surface area contributed by atoms with E-state index in [1.54, 1.807) is 17.5 Å². The maximum Gasteiger partial charge on any atom is 0.0995 e. The molecular formula is C7H5ClN2S. The minimum absolute atomic E-state index is 0.466. The van der Waals surface area contributed by atoms with Gasteiger partial charge < -0.3 is 0 Å². The maximum absolute atomic E-state index is 5.62. The van der Waals surface area contributed by atoms with Gasteiger partial charge in [-0.25, -0.2) is 4.98 Å². The van der Waals surface area contributed by atoms with Crippen molar-refractivity contribution in [2.75, 3.05) is 0 Å². The topological polar surface area (TPSA) is 25.8 Å². The summed E-state index contributed by atoms with van der Waals surface area (Å²) in [6, 6.07) is 1.97. The molecule has 0 spiro atoms. The van der Waals surface area contributed by atoms with E-state index in [4.69, 9.17) is 11.6 Å². The molecule has 0 aliphatic rings. The Bertz CT molecular complexity index is 371. The van der Waals surface area contributed by atoms with E-state index in [9.17, 15) is 0 Å². The minimum atomic E-state index is 0.466. The lowest BCUT2D eigenvalue weighted by Gasteiger charge is -1.91. The molecule has 0 saturated carbocycles. The first-order valence-corrected chi connectivity index (χ1v) is 4.55. The van der Waals surface area contributed by atoms with Crippen LogP contribution in [0.25, 0.3) is 10.2 Å². The van der Waals surface area contributed by atoms with Crippen LogP contribution in [-0.2, 0) is 5.88 Å². The number of hydrogen-bond donors (Lipinski definition) is 0. The number of nitrogens with zero attached hydrogens (tertiary/aromatic N) is 2. The lowest BCUT2D eigenvalue weighted by Crippen LogP contribution is -1.82. The molecule has 0 saturated heterocycles. The monoisotopic (exact) mass is 184 g/mol. The molecule has 2 aromatic rings. The molecule has 0 amide bonds. The Morgan fingerprint density at radius 3 is 3.18 bits per heavy atom. The predicted octanol–water partition coefficient (Wildman–Crippen LogP) is 2.43. The third kappa shape index (κ3) is 1.21. The number of aromatic nitrogens is 2. The van der Waals surface area contributed by atoms with Crippen LogP contribution in [0, 0.1) is 0 Å². The number of fused-ring (bicyclic) bond motifs is 1. The number of alkyl halides is 1. The van der Waals surface area contributed by atoms with Gasteiger partial charge in [-0.05, 0) is 6.07 Å². The highest BCUT2D eigenvalue weighted by Crippen LogP contribution is 2.17.